The van der Waals surface area contributed by atoms with Gasteiger partial charge >= 0.3 is 0 Å². The molecule has 4 N–H and O–H groups in total. The van der Waals surface area contributed by atoms with E-state index in [9.17, 15) is 27.9 Å². The van der Waals surface area contributed by atoms with Crippen molar-refractivity contribution in [1.29, 1.82) is 0 Å². The van der Waals surface area contributed by atoms with Crippen molar-refractivity contribution in [1.82, 2.24) is 30.4 Å². The van der Waals surface area contributed by atoms with Crippen molar-refractivity contribution >= 4 is 27.6 Å². The van der Waals surface area contributed by atoms with Gasteiger partial charge in [0, 0.05) is 37.3 Å². The number of hydrogen-bond acceptors (Lipinski definition) is 8. The Morgan fingerprint density at radius 3 is 2.29 bits per heavy atom. The van der Waals surface area contributed by atoms with Gasteiger partial charge in [-0.25, -0.2) is 13.4 Å². The molecule has 4 rings (SSSR count). The van der Waals surface area contributed by atoms with Gasteiger partial charge < -0.3 is 25.6 Å². The van der Waals surface area contributed by atoms with E-state index in [2.05, 4.69) is 25.8 Å². The average Bonchev–Trinajstić information content (AvgIpc) is 3.51. The van der Waals surface area contributed by atoms with Crippen LogP contribution in [0.2, 0.25) is 0 Å². The number of carbonyl (C=O) groups excluding carboxylic acids is 3. The van der Waals surface area contributed by atoms with E-state index in [-0.39, 0.29) is 25.4 Å². The van der Waals surface area contributed by atoms with Crippen molar-refractivity contribution in [2.45, 2.75) is 114 Å². The lowest BCUT2D eigenvalue weighted by atomic mass is 9.72. The number of nitrogens with one attached hydrogen (secondary N) is 3. The maximum atomic E-state index is 14.1. The number of carbonyl (C=O) groups is 3. The topological polar surface area (TPSA) is 163 Å². The Morgan fingerprint density at radius 2 is 1.69 bits per heavy atom. The second-order valence-electron chi connectivity index (χ2n) is 15.2. The average molecular weight is 687 g/mol. The van der Waals surface area contributed by atoms with E-state index in [0.29, 0.717) is 24.8 Å². The lowest BCUT2D eigenvalue weighted by Crippen LogP contribution is -2.64. The van der Waals surface area contributed by atoms with Gasteiger partial charge in [0.05, 0.1) is 29.3 Å². The van der Waals surface area contributed by atoms with Crippen LogP contribution in [0.5, 0.6) is 0 Å². The summed E-state index contributed by atoms with van der Waals surface area (Å²) >= 11 is 0. The van der Waals surface area contributed by atoms with Crippen molar-refractivity contribution in [2.75, 3.05) is 19.3 Å². The number of piperidine rings is 1. The summed E-state index contributed by atoms with van der Waals surface area (Å²) in [6.07, 6.45) is 9.92. The Kier molecular flexibility index (Phi) is 12.1. The first-order chi connectivity index (χ1) is 22.4. The van der Waals surface area contributed by atoms with Crippen LogP contribution < -0.4 is 16.0 Å². The largest absolute Gasteiger partial charge is 0.390 e. The number of fused-ring (bicyclic) bond motifs is 1. The number of amides is 3. The molecule has 1 saturated carbocycles. The number of rotatable bonds is 13. The lowest BCUT2D eigenvalue weighted by molar-refractivity contribution is -0.133. The first kappa shape index (κ1) is 37.5. The van der Waals surface area contributed by atoms with Gasteiger partial charge in [0.2, 0.25) is 17.7 Å². The molecule has 2 heterocycles. The number of imidazole rings is 1. The van der Waals surface area contributed by atoms with Crippen LogP contribution in [0, 0.1) is 11.8 Å². The van der Waals surface area contributed by atoms with Gasteiger partial charge in [-0.3, -0.25) is 19.3 Å². The van der Waals surface area contributed by atoms with E-state index in [1.165, 1.54) is 30.9 Å². The Balaban J connectivity index is 1.60. The zero-order valence-electron chi connectivity index (χ0n) is 29.2. The minimum Gasteiger partial charge on any atom is -0.390 e. The Labute approximate surface area is 285 Å². The molecule has 2 fully saturated rings. The molecule has 1 aliphatic heterocycles. The molecule has 2 aromatic rings. The maximum Gasteiger partial charge on any atom is 0.244 e. The van der Waals surface area contributed by atoms with Gasteiger partial charge in [-0.05, 0) is 71.3 Å². The van der Waals surface area contributed by atoms with Crippen molar-refractivity contribution < 1.29 is 27.9 Å². The SMILES string of the molecule is CC(C)(C)NC(=O)[C@@H]1C[C@@H]2CCCC[C@@H]2CN1C[C@@H](O)[C@H](Cc1ccccc1)NC(=O)[C@@H](NC(=O)Cn1ccnc1)C(C)(C)S(C)(=O)=O. The third-order valence-corrected chi connectivity index (χ3v) is 12.1. The highest BCUT2D eigenvalue weighted by Crippen LogP contribution is 2.39. The molecule has 12 nitrogen and oxygen atoms in total. The molecule has 1 aromatic heterocycles. The van der Waals surface area contributed by atoms with Gasteiger partial charge in [-0.2, -0.15) is 0 Å². The molecule has 13 heteroatoms. The summed E-state index contributed by atoms with van der Waals surface area (Å²) < 4.78 is 25.7. The van der Waals surface area contributed by atoms with Crippen molar-refractivity contribution in [3.8, 4) is 0 Å². The monoisotopic (exact) mass is 686 g/mol. The quantitative estimate of drug-likeness (QED) is 0.249. The molecule has 3 amide bonds. The molecular formula is C35H54N6O6S. The number of likely N-dealkylation sites (tertiary alicyclic amines) is 1. The van der Waals surface area contributed by atoms with E-state index < -0.39 is 56.2 Å². The summed E-state index contributed by atoms with van der Waals surface area (Å²) in [5, 5.41) is 20.6. The first-order valence-electron chi connectivity index (χ1n) is 17.0. The predicted molar refractivity (Wildman–Crippen MR) is 184 cm³/mol. The van der Waals surface area contributed by atoms with Crippen LogP contribution in [0.15, 0.2) is 49.1 Å². The van der Waals surface area contributed by atoms with Crippen molar-refractivity contribution in [3.63, 3.8) is 0 Å². The van der Waals surface area contributed by atoms with Crippen LogP contribution in [-0.2, 0) is 37.2 Å². The Hall–Kier alpha value is -3.29. The number of benzene rings is 1. The van der Waals surface area contributed by atoms with Crippen LogP contribution in [0.4, 0.5) is 0 Å². The van der Waals surface area contributed by atoms with Crippen molar-refractivity contribution in [2.24, 2.45) is 11.8 Å². The smallest absolute Gasteiger partial charge is 0.244 e. The first-order valence-corrected chi connectivity index (χ1v) is 18.9. The molecule has 1 aromatic carbocycles. The molecule has 2 aliphatic rings. The fraction of sp³-hybridized carbons (Fsp3) is 0.657. The predicted octanol–water partition coefficient (Wildman–Crippen LogP) is 2.07. The maximum absolute atomic E-state index is 14.1. The highest BCUT2D eigenvalue weighted by atomic mass is 32.2. The Morgan fingerprint density at radius 1 is 1.02 bits per heavy atom. The van der Waals surface area contributed by atoms with Gasteiger partial charge in [-0.1, -0.05) is 49.6 Å². The highest BCUT2D eigenvalue weighted by Gasteiger charge is 2.46. The van der Waals surface area contributed by atoms with E-state index in [1.807, 2.05) is 51.1 Å². The minimum absolute atomic E-state index is 0.0714. The third-order valence-electron chi connectivity index (χ3n) is 9.92. The zero-order valence-corrected chi connectivity index (χ0v) is 30.0. The third kappa shape index (κ3) is 9.88. The van der Waals surface area contributed by atoms with E-state index in [4.69, 9.17) is 0 Å². The lowest BCUT2D eigenvalue weighted by Gasteiger charge is -2.47. The summed E-state index contributed by atoms with van der Waals surface area (Å²) in [5.41, 5.74) is 0.441. The number of aromatic nitrogens is 2. The molecule has 6 atom stereocenters. The summed E-state index contributed by atoms with van der Waals surface area (Å²) in [5.74, 6) is -0.478. The second-order valence-corrected chi connectivity index (χ2v) is 17.8. The minimum atomic E-state index is -3.85. The molecule has 0 unspecified atom stereocenters. The van der Waals surface area contributed by atoms with Gasteiger partial charge in [0.1, 0.15) is 12.6 Å². The molecule has 266 valence electrons. The van der Waals surface area contributed by atoms with Crippen LogP contribution in [0.1, 0.15) is 72.3 Å². The number of aliphatic hydroxyl groups excluding tert-OH is 1. The Bertz CT molecular complexity index is 1490. The summed E-state index contributed by atoms with van der Waals surface area (Å²) in [4.78, 5) is 46.8. The fourth-order valence-corrected chi connectivity index (χ4v) is 7.53. The van der Waals surface area contributed by atoms with Crippen LogP contribution in [0.25, 0.3) is 0 Å². The number of sulfone groups is 1. The molecule has 0 bridgehead atoms. The van der Waals surface area contributed by atoms with Crippen LogP contribution in [-0.4, -0.2) is 99.6 Å². The fourth-order valence-electron chi connectivity index (χ4n) is 6.93. The summed E-state index contributed by atoms with van der Waals surface area (Å²) in [6.45, 7) is 9.30. The second kappa shape index (κ2) is 15.5. The molecule has 1 saturated heterocycles. The number of nitrogens with zero attached hydrogens (tertiary/aromatic N) is 3. The van der Waals surface area contributed by atoms with Crippen molar-refractivity contribution in [3.05, 3.63) is 54.6 Å². The standard InChI is InChI=1S/C35H54N6O6S/c1-34(2,3)39-32(44)28-19-25-14-10-11-15-26(25)20-41(28)21-29(42)27(18-24-12-8-7-9-13-24)37-33(45)31(35(4,5)48(6,46)47)38-30(43)22-40-17-16-36-23-40/h7-9,12-13,16-17,23,25-29,31,42H,10-11,14-15,18-22H2,1-6H3,(H,37,45)(H,38,43)(H,39,44)/t25-,26+,27-,28-,29+,31+/m0/s1. The van der Waals surface area contributed by atoms with E-state index >= 15 is 0 Å². The number of aliphatic hydroxyl groups is 1. The van der Waals surface area contributed by atoms with Crippen LogP contribution >= 0.6 is 0 Å². The molecule has 0 spiro atoms. The summed E-state index contributed by atoms with van der Waals surface area (Å²) in [6, 6.07) is 6.66. The molecular weight excluding hydrogens is 632 g/mol. The van der Waals surface area contributed by atoms with Gasteiger partial charge in [-0.15, -0.1) is 0 Å². The van der Waals surface area contributed by atoms with Crippen LogP contribution in [0.3, 0.4) is 0 Å². The molecule has 48 heavy (non-hydrogen) atoms. The number of hydrogen-bond donors (Lipinski definition) is 4. The van der Waals surface area contributed by atoms with E-state index in [0.717, 1.165) is 37.5 Å². The number of β-amino-alcohol motifs (C(OH)–C–C–N with tert-alkyl or cyclic N) is 1. The van der Waals surface area contributed by atoms with Gasteiger partial charge in [0.25, 0.3) is 0 Å². The zero-order chi connectivity index (χ0) is 35.3. The normalized spacial score (nSPS) is 22.5. The van der Waals surface area contributed by atoms with E-state index in [1.54, 1.807) is 6.20 Å². The highest BCUT2D eigenvalue weighted by molar-refractivity contribution is 7.92. The van der Waals surface area contributed by atoms with Gasteiger partial charge in [0.15, 0.2) is 9.84 Å². The molecule has 1 aliphatic carbocycles. The molecule has 0 radical (unpaired) electrons. The summed E-state index contributed by atoms with van der Waals surface area (Å²) in [7, 11) is -3.85.